The molecule has 31 heavy (non-hydrogen) atoms. The number of rotatable bonds is 8. The highest BCUT2D eigenvalue weighted by atomic mass is 32.2. The summed E-state index contributed by atoms with van der Waals surface area (Å²) in [5, 5.41) is 3.14. The summed E-state index contributed by atoms with van der Waals surface area (Å²) in [5.74, 6) is 0.169. The molecule has 2 amide bonds. The Labute approximate surface area is 188 Å². The van der Waals surface area contributed by atoms with E-state index in [4.69, 9.17) is 0 Å². The maximum atomic E-state index is 13.1. The van der Waals surface area contributed by atoms with Gasteiger partial charge in [-0.05, 0) is 30.2 Å². The Kier molecular flexibility index (Phi) is 7.53. The minimum atomic E-state index is -0.374. The van der Waals surface area contributed by atoms with E-state index in [1.165, 1.54) is 11.8 Å². The zero-order chi connectivity index (χ0) is 22.3. The van der Waals surface area contributed by atoms with E-state index in [0.29, 0.717) is 17.9 Å². The largest absolute Gasteiger partial charge is 0.351 e. The molecule has 0 aliphatic rings. The molecule has 0 bridgehead atoms. The van der Waals surface area contributed by atoms with Crippen LogP contribution in [0.15, 0.2) is 89.8 Å². The maximum absolute atomic E-state index is 13.1. The second-order valence-corrected chi connectivity index (χ2v) is 8.84. The predicted octanol–water partition coefficient (Wildman–Crippen LogP) is 4.60. The van der Waals surface area contributed by atoms with Gasteiger partial charge in [-0.15, -0.1) is 11.8 Å². The molecule has 5 heteroatoms. The van der Waals surface area contributed by atoms with Gasteiger partial charge in [0.05, 0.1) is 11.3 Å². The van der Waals surface area contributed by atoms with Gasteiger partial charge in [-0.1, -0.05) is 72.8 Å². The van der Waals surface area contributed by atoms with Crippen LogP contribution >= 0.6 is 11.8 Å². The SMILES string of the molecule is CN(C)C(=O)CSc1ccccc1C(=O)NCC(C)(c1ccccc1)c1ccccc1. The number of thioether (sulfide) groups is 1. The van der Waals surface area contributed by atoms with E-state index in [9.17, 15) is 9.59 Å². The lowest BCUT2D eigenvalue weighted by Crippen LogP contribution is -2.39. The first-order valence-electron chi connectivity index (χ1n) is 10.2. The summed E-state index contributed by atoms with van der Waals surface area (Å²) in [5.41, 5.74) is 2.49. The van der Waals surface area contributed by atoms with Gasteiger partial charge in [0.15, 0.2) is 0 Å². The third-order valence-corrected chi connectivity index (χ3v) is 6.46. The number of carbonyl (C=O) groups excluding carboxylic acids is 2. The number of amides is 2. The third-order valence-electron chi connectivity index (χ3n) is 5.41. The van der Waals surface area contributed by atoms with Gasteiger partial charge >= 0.3 is 0 Å². The van der Waals surface area contributed by atoms with Crippen molar-refractivity contribution in [3.05, 3.63) is 102 Å². The number of hydrogen-bond donors (Lipinski definition) is 1. The summed E-state index contributed by atoms with van der Waals surface area (Å²) in [7, 11) is 3.46. The fourth-order valence-corrected chi connectivity index (χ4v) is 4.41. The highest BCUT2D eigenvalue weighted by molar-refractivity contribution is 8.00. The van der Waals surface area contributed by atoms with Gasteiger partial charge in [0.1, 0.15) is 0 Å². The Bertz CT molecular complexity index is 980. The second kappa shape index (κ2) is 10.3. The Morgan fingerprint density at radius 1 is 0.839 bits per heavy atom. The van der Waals surface area contributed by atoms with Crippen molar-refractivity contribution in [3.63, 3.8) is 0 Å². The Balaban J connectivity index is 1.80. The summed E-state index contributed by atoms with van der Waals surface area (Å²) in [6.45, 7) is 2.60. The van der Waals surface area contributed by atoms with Gasteiger partial charge in [-0.3, -0.25) is 9.59 Å². The van der Waals surface area contributed by atoms with E-state index in [0.717, 1.165) is 16.0 Å². The van der Waals surface area contributed by atoms with Gasteiger partial charge in [0.25, 0.3) is 5.91 Å². The normalized spacial score (nSPS) is 11.1. The molecular formula is C26H28N2O2S. The summed E-state index contributed by atoms with van der Waals surface area (Å²) in [6, 6.07) is 27.9. The van der Waals surface area contributed by atoms with E-state index in [-0.39, 0.29) is 17.2 Å². The standard InChI is InChI=1S/C26H28N2O2S/c1-26(20-12-6-4-7-13-20,21-14-8-5-9-15-21)19-27-25(30)22-16-10-11-17-23(22)31-18-24(29)28(2)3/h4-17H,18-19H2,1-3H3,(H,27,30). The smallest absolute Gasteiger partial charge is 0.252 e. The van der Waals surface area contributed by atoms with Crippen molar-refractivity contribution in [2.45, 2.75) is 17.2 Å². The minimum absolute atomic E-state index is 0.0148. The van der Waals surface area contributed by atoms with Crippen LogP contribution in [-0.2, 0) is 10.2 Å². The zero-order valence-electron chi connectivity index (χ0n) is 18.2. The van der Waals surface area contributed by atoms with Crippen LogP contribution in [0.4, 0.5) is 0 Å². The summed E-state index contributed by atoms with van der Waals surface area (Å²) in [4.78, 5) is 27.5. The molecule has 0 saturated heterocycles. The van der Waals surface area contributed by atoms with Crippen molar-refractivity contribution in [2.24, 2.45) is 0 Å². The van der Waals surface area contributed by atoms with Crippen molar-refractivity contribution in [1.82, 2.24) is 10.2 Å². The van der Waals surface area contributed by atoms with Crippen molar-refractivity contribution in [2.75, 3.05) is 26.4 Å². The van der Waals surface area contributed by atoms with Crippen molar-refractivity contribution in [1.29, 1.82) is 0 Å². The molecule has 3 aromatic rings. The van der Waals surface area contributed by atoms with Crippen LogP contribution in [-0.4, -0.2) is 43.1 Å². The summed E-state index contributed by atoms with van der Waals surface area (Å²) >= 11 is 1.39. The molecule has 0 unspecified atom stereocenters. The van der Waals surface area contributed by atoms with E-state index in [2.05, 4.69) is 36.5 Å². The summed E-state index contributed by atoms with van der Waals surface area (Å²) in [6.07, 6.45) is 0. The van der Waals surface area contributed by atoms with Crippen LogP contribution in [0.2, 0.25) is 0 Å². The number of hydrogen-bond acceptors (Lipinski definition) is 3. The zero-order valence-corrected chi connectivity index (χ0v) is 19.0. The summed E-state index contributed by atoms with van der Waals surface area (Å²) < 4.78 is 0. The van der Waals surface area contributed by atoms with Gasteiger partial charge in [0.2, 0.25) is 5.91 Å². The molecule has 0 fully saturated rings. The monoisotopic (exact) mass is 432 g/mol. The lowest BCUT2D eigenvalue weighted by molar-refractivity contribution is -0.125. The number of benzene rings is 3. The first kappa shape index (κ1) is 22.6. The van der Waals surface area contributed by atoms with Crippen molar-refractivity contribution >= 4 is 23.6 Å². The van der Waals surface area contributed by atoms with Crippen LogP contribution < -0.4 is 5.32 Å². The van der Waals surface area contributed by atoms with E-state index >= 15 is 0 Å². The van der Waals surface area contributed by atoms with Gasteiger partial charge in [-0.25, -0.2) is 0 Å². The molecule has 4 nitrogen and oxygen atoms in total. The molecule has 3 aromatic carbocycles. The highest BCUT2D eigenvalue weighted by Gasteiger charge is 2.29. The second-order valence-electron chi connectivity index (χ2n) is 7.82. The molecular weight excluding hydrogens is 404 g/mol. The van der Waals surface area contributed by atoms with E-state index < -0.39 is 0 Å². The highest BCUT2D eigenvalue weighted by Crippen LogP contribution is 2.31. The van der Waals surface area contributed by atoms with Crippen LogP contribution in [0.5, 0.6) is 0 Å². The van der Waals surface area contributed by atoms with E-state index in [1.807, 2.05) is 54.6 Å². The molecule has 0 aromatic heterocycles. The minimum Gasteiger partial charge on any atom is -0.351 e. The van der Waals surface area contributed by atoms with Crippen LogP contribution in [0.3, 0.4) is 0 Å². The first-order valence-corrected chi connectivity index (χ1v) is 11.2. The molecule has 0 heterocycles. The molecule has 160 valence electrons. The molecule has 0 aliphatic carbocycles. The molecule has 0 saturated carbocycles. The van der Waals surface area contributed by atoms with Gasteiger partial charge in [0, 0.05) is 31.0 Å². The third kappa shape index (κ3) is 5.56. The van der Waals surface area contributed by atoms with Crippen LogP contribution in [0.25, 0.3) is 0 Å². The predicted molar refractivity (Wildman–Crippen MR) is 128 cm³/mol. The quantitative estimate of drug-likeness (QED) is 0.529. The molecule has 1 N–H and O–H groups in total. The number of carbonyl (C=O) groups is 2. The first-order chi connectivity index (χ1) is 14.9. The number of nitrogens with zero attached hydrogens (tertiary/aromatic N) is 1. The van der Waals surface area contributed by atoms with Crippen LogP contribution in [0.1, 0.15) is 28.4 Å². The van der Waals surface area contributed by atoms with Crippen LogP contribution in [0, 0.1) is 0 Å². The molecule has 3 rings (SSSR count). The molecule has 0 aliphatic heterocycles. The molecule has 0 radical (unpaired) electrons. The average Bonchev–Trinajstić information content (AvgIpc) is 2.82. The Hall–Kier alpha value is -3.05. The molecule has 0 spiro atoms. The molecule has 0 atom stereocenters. The lowest BCUT2D eigenvalue weighted by atomic mass is 9.76. The van der Waals surface area contributed by atoms with Gasteiger partial charge in [-0.2, -0.15) is 0 Å². The fourth-order valence-electron chi connectivity index (χ4n) is 3.38. The number of nitrogens with one attached hydrogen (secondary N) is 1. The average molecular weight is 433 g/mol. The fraction of sp³-hybridized carbons (Fsp3) is 0.231. The Morgan fingerprint density at radius 2 is 1.35 bits per heavy atom. The maximum Gasteiger partial charge on any atom is 0.252 e. The van der Waals surface area contributed by atoms with Gasteiger partial charge < -0.3 is 10.2 Å². The van der Waals surface area contributed by atoms with Crippen molar-refractivity contribution < 1.29 is 9.59 Å². The van der Waals surface area contributed by atoms with Crippen molar-refractivity contribution in [3.8, 4) is 0 Å². The lowest BCUT2D eigenvalue weighted by Gasteiger charge is -2.31. The van der Waals surface area contributed by atoms with E-state index in [1.54, 1.807) is 25.1 Å². The topological polar surface area (TPSA) is 49.4 Å². The Morgan fingerprint density at radius 3 is 1.90 bits per heavy atom.